The topological polar surface area (TPSA) is 114 Å². The summed E-state index contributed by atoms with van der Waals surface area (Å²) in [6.45, 7) is 3.91. The molecular formula is C23H23FN6O3. The Morgan fingerprint density at radius 1 is 1.12 bits per heavy atom. The second kappa shape index (κ2) is 9.51. The van der Waals surface area contributed by atoms with E-state index < -0.39 is 5.82 Å². The summed E-state index contributed by atoms with van der Waals surface area (Å²) in [5.74, 6) is 0.0265. The zero-order chi connectivity index (χ0) is 23.4. The number of nitrogens with one attached hydrogen (secondary N) is 3. The molecule has 0 aliphatic rings. The number of hydrogen-bond acceptors (Lipinski definition) is 8. The van der Waals surface area contributed by atoms with Crippen LogP contribution in [0.25, 0.3) is 10.9 Å². The van der Waals surface area contributed by atoms with Gasteiger partial charge in [0.15, 0.2) is 11.6 Å². The third kappa shape index (κ3) is 5.35. The molecule has 2 aromatic heterocycles. The van der Waals surface area contributed by atoms with Gasteiger partial charge in [-0.2, -0.15) is 10.1 Å². The molecule has 0 aliphatic heterocycles. The van der Waals surface area contributed by atoms with E-state index in [9.17, 15) is 9.18 Å². The third-order valence-corrected chi connectivity index (χ3v) is 4.67. The lowest BCUT2D eigenvalue weighted by Crippen LogP contribution is -2.05. The lowest BCUT2D eigenvalue weighted by atomic mass is 10.1. The lowest BCUT2D eigenvalue weighted by molar-refractivity contribution is -0.139. The maximum atomic E-state index is 14.4. The molecule has 170 valence electrons. The second-order valence-corrected chi connectivity index (χ2v) is 7.52. The number of ether oxygens (including phenoxy) is 2. The molecular weight excluding hydrogens is 427 g/mol. The molecule has 0 aliphatic carbocycles. The number of benzene rings is 2. The number of methoxy groups -OCH3 is 1. The van der Waals surface area contributed by atoms with E-state index >= 15 is 0 Å². The Morgan fingerprint density at radius 3 is 2.61 bits per heavy atom. The standard InChI is InChI=1S/C23H23FN6O3/c1-13(2)33-16-7-4-14(5-8-16)27-23-25-12-18(24)22(28-23)26-15-6-9-17-19(10-15)29-30-20(17)11-21(31)32-3/h4-10,12-13H,11H2,1-3H3,(H,29,30)(H2,25,26,27,28). The zero-order valence-corrected chi connectivity index (χ0v) is 18.3. The summed E-state index contributed by atoms with van der Waals surface area (Å²) in [5, 5.41) is 13.8. The number of fused-ring (bicyclic) bond motifs is 1. The van der Waals surface area contributed by atoms with Crippen LogP contribution in [0.5, 0.6) is 5.75 Å². The Hall–Kier alpha value is -4.21. The van der Waals surface area contributed by atoms with Gasteiger partial charge in [-0.1, -0.05) is 0 Å². The van der Waals surface area contributed by atoms with Gasteiger partial charge in [-0.15, -0.1) is 0 Å². The molecule has 2 aromatic carbocycles. The largest absolute Gasteiger partial charge is 0.491 e. The van der Waals surface area contributed by atoms with Gasteiger partial charge in [-0.05, 0) is 56.3 Å². The summed E-state index contributed by atoms with van der Waals surface area (Å²) in [6.07, 6.45) is 1.26. The van der Waals surface area contributed by atoms with Crippen LogP contribution < -0.4 is 15.4 Å². The molecule has 0 saturated heterocycles. The molecule has 33 heavy (non-hydrogen) atoms. The number of hydrogen-bond donors (Lipinski definition) is 3. The van der Waals surface area contributed by atoms with Crippen LogP contribution in [0.2, 0.25) is 0 Å². The van der Waals surface area contributed by atoms with E-state index in [-0.39, 0.29) is 30.3 Å². The molecule has 0 spiro atoms. The summed E-state index contributed by atoms with van der Waals surface area (Å²) in [7, 11) is 1.33. The van der Waals surface area contributed by atoms with Gasteiger partial charge in [0.1, 0.15) is 5.75 Å². The molecule has 0 unspecified atom stereocenters. The maximum Gasteiger partial charge on any atom is 0.311 e. The number of esters is 1. The molecule has 9 nitrogen and oxygen atoms in total. The first-order chi connectivity index (χ1) is 15.9. The van der Waals surface area contributed by atoms with Gasteiger partial charge in [0.25, 0.3) is 0 Å². The molecule has 4 rings (SSSR count). The van der Waals surface area contributed by atoms with Crippen LogP contribution in [0, 0.1) is 5.82 Å². The minimum absolute atomic E-state index is 0.0110. The molecule has 10 heteroatoms. The van der Waals surface area contributed by atoms with Crippen LogP contribution in [-0.4, -0.2) is 39.3 Å². The van der Waals surface area contributed by atoms with Gasteiger partial charge in [0.05, 0.1) is 37.0 Å². The van der Waals surface area contributed by atoms with Gasteiger partial charge in [0, 0.05) is 16.8 Å². The fourth-order valence-corrected chi connectivity index (χ4v) is 3.17. The number of H-pyrrole nitrogens is 1. The van der Waals surface area contributed by atoms with Crippen LogP contribution in [-0.2, 0) is 16.0 Å². The summed E-state index contributed by atoms with van der Waals surface area (Å²) >= 11 is 0. The smallest absolute Gasteiger partial charge is 0.311 e. The van der Waals surface area contributed by atoms with E-state index in [2.05, 4.69) is 30.8 Å². The van der Waals surface area contributed by atoms with Gasteiger partial charge in [0.2, 0.25) is 5.95 Å². The van der Waals surface area contributed by atoms with Gasteiger partial charge in [-0.25, -0.2) is 9.37 Å². The summed E-state index contributed by atoms with van der Waals surface area (Å²) in [5.41, 5.74) is 2.58. The van der Waals surface area contributed by atoms with E-state index in [0.717, 1.165) is 23.0 Å². The Morgan fingerprint density at radius 2 is 1.88 bits per heavy atom. The fraction of sp³-hybridized carbons (Fsp3) is 0.217. The average molecular weight is 450 g/mol. The zero-order valence-electron chi connectivity index (χ0n) is 18.3. The predicted octanol–water partition coefficient (Wildman–Crippen LogP) is 4.48. The van der Waals surface area contributed by atoms with Crippen LogP contribution in [0.15, 0.2) is 48.7 Å². The van der Waals surface area contributed by atoms with Crippen molar-refractivity contribution in [2.24, 2.45) is 0 Å². The van der Waals surface area contributed by atoms with Gasteiger partial charge in [-0.3, -0.25) is 9.89 Å². The highest BCUT2D eigenvalue weighted by atomic mass is 19.1. The number of aromatic nitrogens is 4. The Balaban J connectivity index is 1.50. The minimum atomic E-state index is -0.602. The van der Waals surface area contributed by atoms with Crippen molar-refractivity contribution in [2.45, 2.75) is 26.4 Å². The van der Waals surface area contributed by atoms with Crippen molar-refractivity contribution in [3.05, 3.63) is 60.2 Å². The number of nitrogens with zero attached hydrogens (tertiary/aromatic N) is 3. The third-order valence-electron chi connectivity index (χ3n) is 4.67. The molecule has 0 saturated carbocycles. The normalized spacial score (nSPS) is 10.9. The summed E-state index contributed by atoms with van der Waals surface area (Å²) < 4.78 is 24.7. The second-order valence-electron chi connectivity index (χ2n) is 7.52. The molecule has 0 amide bonds. The number of halogens is 1. The van der Waals surface area contributed by atoms with Crippen molar-refractivity contribution in [1.82, 2.24) is 20.2 Å². The van der Waals surface area contributed by atoms with E-state index in [4.69, 9.17) is 9.47 Å². The van der Waals surface area contributed by atoms with Gasteiger partial charge >= 0.3 is 5.97 Å². The van der Waals surface area contributed by atoms with Gasteiger partial charge < -0.3 is 20.1 Å². The van der Waals surface area contributed by atoms with Crippen molar-refractivity contribution >= 4 is 40.0 Å². The highest BCUT2D eigenvalue weighted by Crippen LogP contribution is 2.25. The number of rotatable bonds is 8. The van der Waals surface area contributed by atoms with Crippen LogP contribution in [0.1, 0.15) is 19.5 Å². The van der Waals surface area contributed by atoms with Crippen molar-refractivity contribution in [3.63, 3.8) is 0 Å². The molecule has 0 bridgehead atoms. The van der Waals surface area contributed by atoms with Crippen molar-refractivity contribution in [3.8, 4) is 5.75 Å². The number of anilines is 4. The number of carbonyl (C=O) groups excluding carboxylic acids is 1. The number of carbonyl (C=O) groups is 1. The SMILES string of the molecule is COC(=O)Cc1[nH]nc2cc(Nc3nc(Nc4ccc(OC(C)C)cc4)ncc3F)ccc12. The minimum Gasteiger partial charge on any atom is -0.491 e. The molecule has 0 atom stereocenters. The Bertz CT molecular complexity index is 1270. The van der Waals surface area contributed by atoms with E-state index in [0.29, 0.717) is 16.9 Å². The first kappa shape index (κ1) is 22.0. The maximum absolute atomic E-state index is 14.4. The average Bonchev–Trinajstić information content (AvgIpc) is 3.18. The van der Waals surface area contributed by atoms with Crippen LogP contribution >= 0.6 is 0 Å². The monoisotopic (exact) mass is 450 g/mol. The van der Waals surface area contributed by atoms with E-state index in [1.165, 1.54) is 7.11 Å². The first-order valence-electron chi connectivity index (χ1n) is 10.3. The highest BCUT2D eigenvalue weighted by molar-refractivity contribution is 5.88. The molecule has 0 radical (unpaired) electrons. The summed E-state index contributed by atoms with van der Waals surface area (Å²) in [4.78, 5) is 19.8. The lowest BCUT2D eigenvalue weighted by Gasteiger charge is -2.11. The highest BCUT2D eigenvalue weighted by Gasteiger charge is 2.12. The molecule has 2 heterocycles. The van der Waals surface area contributed by atoms with E-state index in [1.54, 1.807) is 18.2 Å². The molecule has 4 aromatic rings. The fourth-order valence-electron chi connectivity index (χ4n) is 3.17. The Kier molecular flexibility index (Phi) is 6.34. The molecule has 3 N–H and O–H groups in total. The van der Waals surface area contributed by atoms with Crippen molar-refractivity contribution in [1.29, 1.82) is 0 Å². The Labute approximate surface area is 189 Å². The predicted molar refractivity (Wildman–Crippen MR) is 123 cm³/mol. The van der Waals surface area contributed by atoms with Crippen LogP contribution in [0.3, 0.4) is 0 Å². The van der Waals surface area contributed by atoms with Crippen molar-refractivity contribution < 1.29 is 18.7 Å². The summed E-state index contributed by atoms with van der Waals surface area (Å²) in [6, 6.07) is 12.6. The van der Waals surface area contributed by atoms with Crippen molar-refractivity contribution in [2.75, 3.05) is 17.7 Å². The first-order valence-corrected chi connectivity index (χ1v) is 10.3. The van der Waals surface area contributed by atoms with Crippen LogP contribution in [0.4, 0.5) is 27.5 Å². The van der Waals surface area contributed by atoms with E-state index in [1.807, 2.05) is 38.1 Å². The quantitative estimate of drug-likeness (QED) is 0.337. The number of aromatic amines is 1. The molecule has 0 fully saturated rings.